The van der Waals surface area contributed by atoms with Gasteiger partial charge in [0.25, 0.3) is 0 Å². The number of nitrogens with one attached hydrogen (secondary N) is 1. The van der Waals surface area contributed by atoms with Crippen molar-refractivity contribution >= 4 is 28.9 Å². The molecule has 0 aliphatic rings. The number of hydrogen-bond donors (Lipinski definition) is 1. The van der Waals surface area contributed by atoms with Crippen LogP contribution in [0.25, 0.3) is 16.8 Å². The zero-order valence-electron chi connectivity index (χ0n) is 17.2. The Kier molecular flexibility index (Phi) is 6.37. The van der Waals surface area contributed by atoms with Crippen molar-refractivity contribution in [2.24, 2.45) is 0 Å². The number of methoxy groups -OCH3 is 1. The van der Waals surface area contributed by atoms with Crippen LogP contribution >= 0.6 is 11.8 Å². The van der Waals surface area contributed by atoms with Gasteiger partial charge in [-0.1, -0.05) is 23.9 Å². The maximum atomic E-state index is 12.4. The molecule has 0 radical (unpaired) electrons. The highest BCUT2D eigenvalue weighted by Gasteiger charge is 2.14. The van der Waals surface area contributed by atoms with Crippen LogP contribution in [-0.2, 0) is 4.79 Å². The third-order valence-corrected chi connectivity index (χ3v) is 5.52. The predicted octanol–water partition coefficient (Wildman–Crippen LogP) is 4.53. The first-order valence-electron chi connectivity index (χ1n) is 9.81. The molecule has 0 aliphatic carbocycles. The first kappa shape index (κ1) is 20.7. The molecular formula is C23H22N4O3S. The number of para-hydroxylation sites is 1. The van der Waals surface area contributed by atoms with Gasteiger partial charge in [0.2, 0.25) is 5.91 Å². The third-order valence-electron chi connectivity index (χ3n) is 4.53. The van der Waals surface area contributed by atoms with E-state index in [9.17, 15) is 4.79 Å². The maximum absolute atomic E-state index is 12.4. The van der Waals surface area contributed by atoms with E-state index in [1.807, 2.05) is 61.5 Å². The molecular weight excluding hydrogens is 412 g/mol. The van der Waals surface area contributed by atoms with Gasteiger partial charge in [-0.15, -0.1) is 0 Å². The Morgan fingerprint density at radius 2 is 1.97 bits per heavy atom. The van der Waals surface area contributed by atoms with Crippen molar-refractivity contribution in [1.29, 1.82) is 0 Å². The number of carbonyl (C=O) groups is 1. The summed E-state index contributed by atoms with van der Waals surface area (Å²) in [6, 6.07) is 17.0. The van der Waals surface area contributed by atoms with Gasteiger partial charge in [0.1, 0.15) is 16.5 Å². The summed E-state index contributed by atoms with van der Waals surface area (Å²) in [6.07, 6.45) is 3.47. The van der Waals surface area contributed by atoms with Crippen LogP contribution < -0.4 is 14.8 Å². The Labute approximate surface area is 184 Å². The fraction of sp³-hybridized carbons (Fsp3) is 0.174. The van der Waals surface area contributed by atoms with Crippen LogP contribution in [0, 0.1) is 0 Å². The highest BCUT2D eigenvalue weighted by atomic mass is 32.2. The van der Waals surface area contributed by atoms with E-state index in [1.165, 1.54) is 11.8 Å². The fourth-order valence-electron chi connectivity index (χ4n) is 3.13. The number of thioether (sulfide) groups is 1. The molecule has 4 aromatic rings. The largest absolute Gasteiger partial charge is 0.496 e. The van der Waals surface area contributed by atoms with Crippen molar-refractivity contribution in [1.82, 2.24) is 14.6 Å². The second-order valence-electron chi connectivity index (χ2n) is 6.59. The highest BCUT2D eigenvalue weighted by molar-refractivity contribution is 8.00. The minimum Gasteiger partial charge on any atom is -0.496 e. The number of carbonyl (C=O) groups excluding carboxylic acids is 1. The van der Waals surface area contributed by atoms with E-state index in [4.69, 9.17) is 9.47 Å². The molecule has 0 unspecified atom stereocenters. The number of amides is 1. The molecule has 2 heterocycles. The van der Waals surface area contributed by atoms with Gasteiger partial charge in [0.05, 0.1) is 30.7 Å². The summed E-state index contributed by atoms with van der Waals surface area (Å²) in [4.78, 5) is 16.9. The van der Waals surface area contributed by atoms with Gasteiger partial charge in [0.15, 0.2) is 0 Å². The number of ether oxygens (including phenoxy) is 2. The topological polar surface area (TPSA) is 77.8 Å². The predicted molar refractivity (Wildman–Crippen MR) is 122 cm³/mol. The molecule has 0 saturated heterocycles. The van der Waals surface area contributed by atoms with Gasteiger partial charge >= 0.3 is 0 Å². The Morgan fingerprint density at radius 3 is 2.74 bits per heavy atom. The summed E-state index contributed by atoms with van der Waals surface area (Å²) >= 11 is 1.37. The summed E-state index contributed by atoms with van der Waals surface area (Å²) in [5, 5.41) is 8.27. The van der Waals surface area contributed by atoms with Crippen molar-refractivity contribution in [3.05, 3.63) is 67.0 Å². The molecule has 158 valence electrons. The number of fused-ring (bicyclic) bond motifs is 1. The molecule has 31 heavy (non-hydrogen) atoms. The van der Waals surface area contributed by atoms with Crippen molar-refractivity contribution in [3.63, 3.8) is 0 Å². The number of aromatic nitrogens is 3. The van der Waals surface area contributed by atoms with Crippen LogP contribution in [0.2, 0.25) is 0 Å². The van der Waals surface area contributed by atoms with Crippen molar-refractivity contribution in [3.8, 4) is 22.8 Å². The molecule has 2 aromatic heterocycles. The van der Waals surface area contributed by atoms with Crippen molar-refractivity contribution < 1.29 is 14.3 Å². The first-order valence-corrected chi connectivity index (χ1v) is 10.8. The lowest BCUT2D eigenvalue weighted by atomic mass is 10.1. The molecule has 0 spiro atoms. The van der Waals surface area contributed by atoms with Crippen LogP contribution in [0.5, 0.6) is 11.5 Å². The second-order valence-corrected chi connectivity index (χ2v) is 7.55. The maximum Gasteiger partial charge on any atom is 0.234 e. The molecule has 7 nitrogen and oxygen atoms in total. The van der Waals surface area contributed by atoms with Gasteiger partial charge in [-0.05, 0) is 49.4 Å². The molecule has 0 fully saturated rings. The summed E-state index contributed by atoms with van der Waals surface area (Å²) in [5.74, 6) is 1.65. The monoisotopic (exact) mass is 434 g/mol. The SMILES string of the molecule is CCOc1ccc(NC(=O)CSc2nccn3nc(-c4ccccc4OC)cc23)cc1. The van der Waals surface area contributed by atoms with Crippen molar-refractivity contribution in [2.45, 2.75) is 11.9 Å². The van der Waals surface area contributed by atoms with Crippen LogP contribution in [0.4, 0.5) is 5.69 Å². The summed E-state index contributed by atoms with van der Waals surface area (Å²) in [7, 11) is 1.64. The normalized spacial score (nSPS) is 10.8. The molecule has 1 amide bonds. The van der Waals surface area contributed by atoms with Crippen molar-refractivity contribution in [2.75, 3.05) is 24.8 Å². The lowest BCUT2D eigenvalue weighted by Crippen LogP contribution is -2.14. The molecule has 1 N–H and O–H groups in total. The van der Waals surface area contributed by atoms with Gasteiger partial charge in [0, 0.05) is 23.6 Å². The minimum atomic E-state index is -0.109. The van der Waals surface area contributed by atoms with Gasteiger partial charge < -0.3 is 14.8 Å². The number of benzene rings is 2. The van der Waals surface area contributed by atoms with E-state index >= 15 is 0 Å². The number of nitrogens with zero attached hydrogens (tertiary/aromatic N) is 3. The summed E-state index contributed by atoms with van der Waals surface area (Å²) in [5.41, 5.74) is 3.24. The fourth-order valence-corrected chi connectivity index (χ4v) is 3.91. The quantitative estimate of drug-likeness (QED) is 0.411. The highest BCUT2D eigenvalue weighted by Crippen LogP contribution is 2.31. The van der Waals surface area contributed by atoms with E-state index in [1.54, 1.807) is 24.0 Å². The molecule has 0 bridgehead atoms. The van der Waals surface area contributed by atoms with E-state index in [2.05, 4.69) is 15.4 Å². The van der Waals surface area contributed by atoms with Crippen LogP contribution in [0.15, 0.2) is 72.0 Å². The van der Waals surface area contributed by atoms with E-state index in [-0.39, 0.29) is 11.7 Å². The lowest BCUT2D eigenvalue weighted by Gasteiger charge is -2.07. The van der Waals surface area contributed by atoms with Gasteiger partial charge in [-0.2, -0.15) is 5.10 Å². The Balaban J connectivity index is 1.47. The molecule has 0 atom stereocenters. The zero-order valence-corrected chi connectivity index (χ0v) is 18.1. The Bertz CT molecular complexity index is 1190. The molecule has 0 saturated carbocycles. The van der Waals surface area contributed by atoms with E-state index in [0.29, 0.717) is 6.61 Å². The average Bonchev–Trinajstić information content (AvgIpc) is 3.24. The standard InChI is InChI=1S/C23H22N4O3S/c1-3-30-17-10-8-16(9-11-17)25-22(28)15-31-23-20-14-19(26-27(20)13-12-24-23)18-6-4-5-7-21(18)29-2/h4-14H,3,15H2,1-2H3,(H,25,28). The molecule has 0 aliphatic heterocycles. The Hall–Kier alpha value is -3.52. The minimum absolute atomic E-state index is 0.109. The summed E-state index contributed by atoms with van der Waals surface area (Å²) < 4.78 is 12.6. The van der Waals surface area contributed by atoms with E-state index < -0.39 is 0 Å². The van der Waals surface area contributed by atoms with Gasteiger partial charge in [-0.25, -0.2) is 9.50 Å². The van der Waals surface area contributed by atoms with Crippen LogP contribution in [0.1, 0.15) is 6.92 Å². The van der Waals surface area contributed by atoms with Gasteiger partial charge in [-0.3, -0.25) is 4.79 Å². The molecule has 2 aromatic carbocycles. The zero-order chi connectivity index (χ0) is 21.6. The molecule has 4 rings (SSSR count). The average molecular weight is 435 g/mol. The number of rotatable bonds is 8. The van der Waals surface area contributed by atoms with Crippen LogP contribution in [-0.4, -0.2) is 40.0 Å². The Morgan fingerprint density at radius 1 is 1.16 bits per heavy atom. The number of hydrogen-bond acceptors (Lipinski definition) is 6. The van der Waals surface area contributed by atoms with E-state index in [0.717, 1.165) is 39.0 Å². The number of anilines is 1. The lowest BCUT2D eigenvalue weighted by molar-refractivity contribution is -0.113. The first-order chi connectivity index (χ1) is 15.2. The molecule has 8 heteroatoms. The smallest absolute Gasteiger partial charge is 0.234 e. The third kappa shape index (κ3) is 4.80. The summed E-state index contributed by atoms with van der Waals surface area (Å²) in [6.45, 7) is 2.54. The van der Waals surface area contributed by atoms with Crippen LogP contribution in [0.3, 0.4) is 0 Å². The second kappa shape index (κ2) is 9.53.